The van der Waals surface area contributed by atoms with Crippen molar-refractivity contribution >= 4 is 21.4 Å². The van der Waals surface area contributed by atoms with Gasteiger partial charge >= 0.3 is 0 Å². The van der Waals surface area contributed by atoms with Crippen molar-refractivity contribution in [3.8, 4) is 0 Å². The van der Waals surface area contributed by atoms with Crippen molar-refractivity contribution < 1.29 is 8.42 Å². The maximum atomic E-state index is 11.5. The van der Waals surface area contributed by atoms with Gasteiger partial charge in [0.2, 0.25) is 0 Å². The number of halogens is 1. The number of rotatable bonds is 2. The second-order valence-corrected chi connectivity index (χ2v) is 7.59. The fraction of sp³-hybridized carbons (Fsp3) is 0.727. The van der Waals surface area contributed by atoms with Crippen LogP contribution in [0.4, 0.5) is 0 Å². The number of nitrogens with zero attached hydrogens (tertiary/aromatic N) is 2. The Balaban J connectivity index is 2.38. The summed E-state index contributed by atoms with van der Waals surface area (Å²) < 4.78 is 24.8. The first-order valence-corrected chi connectivity index (χ1v) is 7.97. The van der Waals surface area contributed by atoms with Crippen molar-refractivity contribution in [3.05, 3.63) is 17.0 Å². The molecule has 0 amide bonds. The van der Waals surface area contributed by atoms with Gasteiger partial charge in [-0.15, -0.1) is 11.6 Å². The summed E-state index contributed by atoms with van der Waals surface area (Å²) in [5.74, 6) is 0.465. The van der Waals surface area contributed by atoms with Crippen molar-refractivity contribution in [2.24, 2.45) is 0 Å². The predicted molar refractivity (Wildman–Crippen MR) is 68.3 cm³/mol. The van der Waals surface area contributed by atoms with E-state index in [-0.39, 0.29) is 22.9 Å². The largest absolute Gasteiger partial charge is 0.265 e. The highest BCUT2D eigenvalue weighted by Gasteiger charge is 2.31. The summed E-state index contributed by atoms with van der Waals surface area (Å²) in [7, 11) is -2.88. The molecule has 17 heavy (non-hydrogen) atoms. The number of aromatic nitrogens is 2. The molecule has 1 aromatic rings. The van der Waals surface area contributed by atoms with Gasteiger partial charge in [0.1, 0.15) is 0 Å². The molecule has 0 aromatic carbocycles. The maximum Gasteiger partial charge on any atom is 0.152 e. The third-order valence-corrected chi connectivity index (χ3v) is 5.30. The van der Waals surface area contributed by atoms with E-state index in [1.807, 2.05) is 25.5 Å². The van der Waals surface area contributed by atoms with Crippen LogP contribution in [0, 0.1) is 13.8 Å². The van der Waals surface area contributed by atoms with E-state index in [4.69, 9.17) is 11.6 Å². The van der Waals surface area contributed by atoms with Crippen molar-refractivity contribution in [2.45, 2.75) is 38.6 Å². The number of alkyl halides is 1. The number of aryl methyl sites for hydroxylation is 1. The van der Waals surface area contributed by atoms with Crippen LogP contribution >= 0.6 is 11.6 Å². The van der Waals surface area contributed by atoms with Crippen LogP contribution in [0.25, 0.3) is 0 Å². The summed E-state index contributed by atoms with van der Waals surface area (Å²) in [6.07, 6.45) is 0.653. The lowest BCUT2D eigenvalue weighted by Gasteiger charge is -2.11. The van der Waals surface area contributed by atoms with Crippen LogP contribution in [0.15, 0.2) is 0 Å². The lowest BCUT2D eigenvalue weighted by Crippen LogP contribution is -2.14. The molecule has 0 aliphatic carbocycles. The molecule has 2 atom stereocenters. The zero-order chi connectivity index (χ0) is 12.8. The third-order valence-electron chi connectivity index (χ3n) is 3.33. The van der Waals surface area contributed by atoms with Crippen LogP contribution in [-0.2, 0) is 9.84 Å². The minimum Gasteiger partial charge on any atom is -0.265 e. The van der Waals surface area contributed by atoms with E-state index in [9.17, 15) is 8.42 Å². The molecule has 1 aliphatic rings. The first-order valence-electron chi connectivity index (χ1n) is 5.72. The average molecular weight is 277 g/mol. The lowest BCUT2D eigenvalue weighted by molar-refractivity contribution is 0.485. The zero-order valence-corrected chi connectivity index (χ0v) is 11.8. The highest BCUT2D eigenvalue weighted by atomic mass is 35.5. The number of hydrogen-bond acceptors (Lipinski definition) is 3. The molecule has 2 rings (SSSR count). The van der Waals surface area contributed by atoms with Crippen molar-refractivity contribution in [2.75, 3.05) is 11.5 Å². The Morgan fingerprint density at radius 3 is 2.53 bits per heavy atom. The fourth-order valence-corrected chi connectivity index (χ4v) is 4.58. The lowest BCUT2D eigenvalue weighted by atomic mass is 10.1. The molecule has 0 saturated carbocycles. The summed E-state index contributed by atoms with van der Waals surface area (Å²) in [4.78, 5) is 0. The summed E-state index contributed by atoms with van der Waals surface area (Å²) in [6.45, 7) is 5.79. The van der Waals surface area contributed by atoms with E-state index in [1.165, 1.54) is 0 Å². The minimum atomic E-state index is -2.88. The monoisotopic (exact) mass is 276 g/mol. The molecular formula is C11H17ClN2O2S. The van der Waals surface area contributed by atoms with Gasteiger partial charge in [-0.3, -0.25) is 4.68 Å². The first-order chi connectivity index (χ1) is 7.82. The van der Waals surface area contributed by atoms with Gasteiger partial charge in [0.15, 0.2) is 9.84 Å². The molecule has 0 N–H and O–H groups in total. The van der Waals surface area contributed by atoms with Gasteiger partial charge in [-0.2, -0.15) is 5.10 Å². The van der Waals surface area contributed by atoms with Crippen molar-refractivity contribution in [3.63, 3.8) is 0 Å². The highest BCUT2D eigenvalue weighted by molar-refractivity contribution is 7.91. The Hall–Kier alpha value is -0.550. The molecule has 0 radical (unpaired) electrons. The van der Waals surface area contributed by atoms with E-state index < -0.39 is 9.84 Å². The second-order valence-electron chi connectivity index (χ2n) is 4.70. The van der Waals surface area contributed by atoms with Crippen molar-refractivity contribution in [1.29, 1.82) is 0 Å². The average Bonchev–Trinajstić information content (AvgIpc) is 2.67. The molecule has 6 heteroatoms. The van der Waals surface area contributed by atoms with Gasteiger partial charge in [0, 0.05) is 11.3 Å². The first kappa shape index (κ1) is 12.9. The van der Waals surface area contributed by atoms with E-state index in [2.05, 4.69) is 5.10 Å². The van der Waals surface area contributed by atoms with Gasteiger partial charge in [-0.1, -0.05) is 0 Å². The molecule has 2 heterocycles. The molecule has 1 aromatic heterocycles. The summed E-state index contributed by atoms with van der Waals surface area (Å²) >= 11 is 6.12. The number of sulfone groups is 1. The third kappa shape index (κ3) is 2.36. The summed E-state index contributed by atoms with van der Waals surface area (Å²) in [5.41, 5.74) is 2.91. The van der Waals surface area contributed by atoms with E-state index >= 15 is 0 Å². The van der Waals surface area contributed by atoms with Gasteiger partial charge in [0.25, 0.3) is 0 Å². The normalized spacial score (nSPS) is 25.1. The molecular weight excluding hydrogens is 260 g/mol. The molecule has 4 nitrogen and oxygen atoms in total. The van der Waals surface area contributed by atoms with Crippen molar-refractivity contribution in [1.82, 2.24) is 9.78 Å². The molecule has 0 spiro atoms. The zero-order valence-electron chi connectivity index (χ0n) is 10.3. The fourth-order valence-electron chi connectivity index (χ4n) is 2.58. The van der Waals surface area contributed by atoms with E-state index in [1.54, 1.807) is 0 Å². The van der Waals surface area contributed by atoms with Gasteiger partial charge in [0.05, 0.1) is 28.6 Å². The topological polar surface area (TPSA) is 52.0 Å². The Morgan fingerprint density at radius 2 is 2.12 bits per heavy atom. The molecule has 1 fully saturated rings. The predicted octanol–water partition coefficient (Wildman–Crippen LogP) is 2.16. The van der Waals surface area contributed by atoms with Crippen LogP contribution in [0.2, 0.25) is 0 Å². The number of hydrogen-bond donors (Lipinski definition) is 0. The van der Waals surface area contributed by atoms with Crippen LogP contribution in [0.5, 0.6) is 0 Å². The second kappa shape index (κ2) is 4.28. The standard InChI is InChI=1S/C11H17ClN2O2S/c1-7(12)11-8(2)13-14(9(11)3)10-4-5-17(15,16)6-10/h7,10H,4-6H2,1-3H3. The maximum absolute atomic E-state index is 11.5. The smallest absolute Gasteiger partial charge is 0.152 e. The van der Waals surface area contributed by atoms with E-state index in [0.29, 0.717) is 6.42 Å². The summed E-state index contributed by atoms with van der Waals surface area (Å²) in [5, 5.41) is 4.35. The van der Waals surface area contributed by atoms with Gasteiger partial charge < -0.3 is 0 Å². The molecule has 2 unspecified atom stereocenters. The van der Waals surface area contributed by atoms with Crippen LogP contribution in [0.1, 0.15) is 41.7 Å². The Morgan fingerprint density at radius 1 is 1.47 bits per heavy atom. The van der Waals surface area contributed by atoms with Crippen LogP contribution < -0.4 is 0 Å². The van der Waals surface area contributed by atoms with Crippen LogP contribution in [0.3, 0.4) is 0 Å². The van der Waals surface area contributed by atoms with E-state index in [0.717, 1.165) is 17.0 Å². The summed E-state index contributed by atoms with van der Waals surface area (Å²) in [6, 6.07) is -0.0251. The van der Waals surface area contributed by atoms with Gasteiger partial charge in [-0.25, -0.2) is 8.42 Å². The minimum absolute atomic E-state index is 0.0251. The molecule has 0 bridgehead atoms. The van der Waals surface area contributed by atoms with Gasteiger partial charge in [-0.05, 0) is 27.2 Å². The highest BCUT2D eigenvalue weighted by Crippen LogP contribution is 2.31. The molecule has 1 saturated heterocycles. The Labute approximate surface area is 107 Å². The SMILES string of the molecule is Cc1nn(C2CCS(=O)(=O)C2)c(C)c1C(C)Cl. The Bertz CT molecular complexity index is 534. The quantitative estimate of drug-likeness (QED) is 0.778. The molecule has 1 aliphatic heterocycles. The van der Waals surface area contributed by atoms with Crippen LogP contribution in [-0.4, -0.2) is 29.7 Å². The molecule has 96 valence electrons. The Kier molecular flexibility index (Phi) is 3.25.